The Kier molecular flexibility index (Phi) is 26.6. The quantitative estimate of drug-likeness (QED) is 0.00788. The summed E-state index contributed by atoms with van der Waals surface area (Å²) in [6.45, 7) is 8.50. The van der Waals surface area contributed by atoms with Gasteiger partial charge in [-0.15, -0.1) is 0 Å². The number of ether oxygens (including phenoxy) is 2. The van der Waals surface area contributed by atoms with Crippen molar-refractivity contribution >= 4 is 87.9 Å². The minimum absolute atomic E-state index is 0.00819. The van der Waals surface area contributed by atoms with Crippen molar-refractivity contribution in [1.29, 1.82) is 0 Å². The number of aromatic nitrogens is 3. The van der Waals surface area contributed by atoms with Gasteiger partial charge in [-0.3, -0.25) is 63.2 Å². The molecule has 2 fully saturated rings. The van der Waals surface area contributed by atoms with E-state index in [0.29, 0.717) is 34.1 Å². The first-order chi connectivity index (χ1) is 44.5. The minimum Gasteiger partial charge on any atom is -0.508 e. The molecule has 2 aliphatic heterocycles. The van der Waals surface area contributed by atoms with Gasteiger partial charge in [-0.05, 0) is 94.5 Å². The Bertz CT molecular complexity index is 3360. The molecule has 2 aromatic carbocycles. The van der Waals surface area contributed by atoms with Gasteiger partial charge in [-0.1, -0.05) is 44.2 Å². The zero-order valence-electron chi connectivity index (χ0n) is 53.3. The van der Waals surface area contributed by atoms with Gasteiger partial charge in [0.1, 0.15) is 66.7 Å². The highest BCUT2D eigenvalue weighted by molar-refractivity contribution is 6.00. The standard InChI is InChI=1S/C61H86N18O15/c1-32(2)23-42(51(84)70-41(13-9-21-66-59(62)63)58(91)79-22-10-14-48(79)57(90)77-78-60(64)92)71-56(89)47(30-94-61(4,5)6)76-52(85)43(24-34-15-17-37(81)18-16-34)72-55(88)46(29-93-33(3)80)75-53(86)44(25-35-27-67-39-12-8-7-11-38(35)39)73-54(87)45(26-36-28-65-31-68-36)74-50(83)40-19-20-49(82)69-40/h7-8,11-12,15-18,27-28,31-32,40-48,67,81H,9-10,13-14,19-26,29-30H2,1-6H3,(H,65,68)(H,69,82)(H,70,84)(H,71,89)(H,72,88)(H,73,87)(H,74,83)(H,75,86)(H,76,85)(H,77,90)(H4,62,63,66)(H3,64,78,92)/t40-,41-,42-,43-,44-,45-,46-,47-,48-/m0/s1. The minimum atomic E-state index is -1.80. The Morgan fingerprint density at radius 1 is 0.713 bits per heavy atom. The van der Waals surface area contributed by atoms with Crippen LogP contribution in [0.1, 0.15) is 103 Å². The molecular weight excluding hydrogens is 1220 g/mol. The molecule has 510 valence electrons. The maximum absolute atomic E-state index is 14.9. The van der Waals surface area contributed by atoms with Crippen molar-refractivity contribution in [2.24, 2.45) is 28.1 Å². The summed E-state index contributed by atoms with van der Waals surface area (Å²) in [7, 11) is 0. The summed E-state index contributed by atoms with van der Waals surface area (Å²) in [5.74, 6) is -9.60. The number of fused-ring (bicyclic) bond motifs is 1. The van der Waals surface area contributed by atoms with E-state index in [0.717, 1.165) is 6.92 Å². The molecule has 94 heavy (non-hydrogen) atoms. The number of guanidine groups is 1. The van der Waals surface area contributed by atoms with Crippen LogP contribution in [0.5, 0.6) is 5.75 Å². The fourth-order valence-corrected chi connectivity index (χ4v) is 10.4. The molecule has 12 amide bonds. The number of amides is 12. The maximum Gasteiger partial charge on any atom is 0.330 e. The first-order valence-corrected chi connectivity index (χ1v) is 30.7. The summed E-state index contributed by atoms with van der Waals surface area (Å²) in [5.41, 5.74) is 21.5. The molecular formula is C61H86N18O15. The van der Waals surface area contributed by atoms with Crippen molar-refractivity contribution in [1.82, 2.24) is 73.2 Å². The molecule has 0 unspecified atom stereocenters. The smallest absolute Gasteiger partial charge is 0.330 e. The number of hydrazine groups is 1. The topological polar surface area (TPSA) is 502 Å². The van der Waals surface area contributed by atoms with Gasteiger partial charge in [0.05, 0.1) is 18.5 Å². The van der Waals surface area contributed by atoms with Crippen molar-refractivity contribution in [3.05, 3.63) is 84.1 Å². The first kappa shape index (κ1) is 72.7. The van der Waals surface area contributed by atoms with E-state index < -0.39 is 138 Å². The molecule has 19 N–H and O–H groups in total. The van der Waals surface area contributed by atoms with Crippen molar-refractivity contribution < 1.29 is 72.1 Å². The summed E-state index contributed by atoms with van der Waals surface area (Å²) in [4.78, 5) is 181. The number of para-hydroxylation sites is 1. The van der Waals surface area contributed by atoms with Crippen LogP contribution in [0.3, 0.4) is 0 Å². The van der Waals surface area contributed by atoms with Gasteiger partial charge in [0.15, 0.2) is 5.96 Å². The molecule has 2 aromatic heterocycles. The Balaban J connectivity index is 1.28. The van der Waals surface area contributed by atoms with Crippen molar-refractivity contribution in [2.75, 3.05) is 26.3 Å². The van der Waals surface area contributed by atoms with Crippen LogP contribution < -0.4 is 70.6 Å². The summed E-state index contributed by atoms with van der Waals surface area (Å²) in [6.07, 6.45) is 4.75. The summed E-state index contributed by atoms with van der Waals surface area (Å²) < 4.78 is 11.3. The van der Waals surface area contributed by atoms with E-state index in [1.807, 2.05) is 5.43 Å². The van der Waals surface area contributed by atoms with Crippen LogP contribution in [0.15, 0.2) is 72.2 Å². The summed E-state index contributed by atoms with van der Waals surface area (Å²) in [5, 5.41) is 32.1. The van der Waals surface area contributed by atoms with E-state index in [-0.39, 0.29) is 94.4 Å². The number of aliphatic imine (C=N–C) groups is 1. The molecule has 0 aliphatic carbocycles. The fraction of sp³-hybridized carbons (Fsp3) is 0.508. The Morgan fingerprint density at radius 2 is 1.31 bits per heavy atom. The molecule has 9 atom stereocenters. The van der Waals surface area contributed by atoms with E-state index in [2.05, 4.69) is 67.9 Å². The number of phenolic OH excluding ortho intramolecular Hbond substituents is 1. The number of hydrogen-bond donors (Lipinski definition) is 16. The van der Waals surface area contributed by atoms with Gasteiger partial charge in [-0.2, -0.15) is 0 Å². The van der Waals surface area contributed by atoms with Crippen molar-refractivity contribution in [3.8, 4) is 5.75 Å². The molecule has 2 aliphatic rings. The van der Waals surface area contributed by atoms with E-state index >= 15 is 0 Å². The number of urea groups is 1. The molecule has 33 heteroatoms. The molecule has 2 saturated heterocycles. The molecule has 4 aromatic rings. The summed E-state index contributed by atoms with van der Waals surface area (Å²) in [6, 6.07) is -0.949. The number of carbonyl (C=O) groups excluding carboxylic acids is 12. The zero-order chi connectivity index (χ0) is 68.8. The van der Waals surface area contributed by atoms with Crippen LogP contribution in [0, 0.1) is 5.92 Å². The molecule has 33 nitrogen and oxygen atoms in total. The summed E-state index contributed by atoms with van der Waals surface area (Å²) >= 11 is 0. The number of nitrogens with zero attached hydrogens (tertiary/aromatic N) is 3. The normalized spacial score (nSPS) is 16.7. The molecule has 4 heterocycles. The number of esters is 1. The molecule has 0 radical (unpaired) electrons. The van der Waals surface area contributed by atoms with E-state index in [4.69, 9.17) is 26.7 Å². The lowest BCUT2D eigenvalue weighted by atomic mass is 10.0. The number of phenols is 1. The van der Waals surface area contributed by atoms with Gasteiger partial charge in [0, 0.05) is 74.7 Å². The number of carbonyl (C=O) groups is 12. The Hall–Kier alpha value is -10.3. The molecule has 0 bridgehead atoms. The number of likely N-dealkylation sites (tertiary alicyclic amines) is 1. The van der Waals surface area contributed by atoms with Gasteiger partial charge >= 0.3 is 12.0 Å². The van der Waals surface area contributed by atoms with E-state index in [1.165, 1.54) is 41.7 Å². The number of rotatable bonds is 32. The lowest BCUT2D eigenvalue weighted by Crippen LogP contribution is -2.62. The average molecular weight is 1310 g/mol. The predicted octanol–water partition coefficient (Wildman–Crippen LogP) is -2.53. The number of aromatic hydroxyl groups is 1. The Morgan fingerprint density at radius 3 is 1.90 bits per heavy atom. The second kappa shape index (κ2) is 34.4. The second-order valence-electron chi connectivity index (χ2n) is 24.3. The third kappa shape index (κ3) is 22.8. The third-order valence-electron chi connectivity index (χ3n) is 15.1. The number of aromatic amines is 2. The molecule has 6 rings (SSSR count). The van der Waals surface area contributed by atoms with Gasteiger partial charge in [0.2, 0.25) is 53.2 Å². The van der Waals surface area contributed by atoms with E-state index in [9.17, 15) is 62.6 Å². The van der Waals surface area contributed by atoms with Crippen LogP contribution in [-0.2, 0) is 81.5 Å². The molecule has 0 spiro atoms. The lowest BCUT2D eigenvalue weighted by molar-refractivity contribution is -0.145. The number of imidazole rings is 1. The highest BCUT2D eigenvalue weighted by Crippen LogP contribution is 2.22. The zero-order valence-corrected chi connectivity index (χ0v) is 53.3. The van der Waals surface area contributed by atoms with Gasteiger partial charge in [0.25, 0.3) is 5.91 Å². The number of nitrogens with one attached hydrogen (secondary N) is 12. The SMILES string of the molecule is CC(=O)OC[C@H](NC(=O)[C@H](Cc1c[nH]c2ccccc12)NC(=O)[C@H](Cc1cnc[nH]1)NC(=O)[C@@H]1CCC(=O)N1)C(=O)N[C@@H](Cc1ccc(O)cc1)C(=O)N[C@@H](COC(C)(C)C)C(=O)N[C@@H](CC(C)C)C(=O)N[C@@H](CCCN=C(N)N)C(=O)N1CCC[C@H]1C(=O)NNC(N)=O. The second-order valence-corrected chi connectivity index (χ2v) is 24.3. The van der Waals surface area contributed by atoms with Crippen LogP contribution in [-0.4, -0.2) is 188 Å². The number of nitrogens with two attached hydrogens (primary N) is 3. The first-order valence-electron chi connectivity index (χ1n) is 30.7. The van der Waals surface area contributed by atoms with Crippen molar-refractivity contribution in [2.45, 2.75) is 166 Å². The van der Waals surface area contributed by atoms with Crippen LogP contribution in [0.2, 0.25) is 0 Å². The Labute approximate surface area is 541 Å². The van der Waals surface area contributed by atoms with Crippen molar-refractivity contribution in [3.63, 3.8) is 0 Å². The van der Waals surface area contributed by atoms with Crippen LogP contribution in [0.25, 0.3) is 10.9 Å². The number of primary amides is 1. The third-order valence-corrected chi connectivity index (χ3v) is 15.1. The number of hydrogen-bond acceptors (Lipinski definition) is 17. The number of H-pyrrole nitrogens is 2. The fourth-order valence-electron chi connectivity index (χ4n) is 10.4. The predicted molar refractivity (Wildman–Crippen MR) is 338 cm³/mol. The van der Waals surface area contributed by atoms with Crippen LogP contribution >= 0.6 is 0 Å². The maximum atomic E-state index is 14.9. The van der Waals surface area contributed by atoms with Crippen LogP contribution in [0.4, 0.5) is 4.79 Å². The number of benzene rings is 2. The lowest BCUT2D eigenvalue weighted by Gasteiger charge is -2.31. The highest BCUT2D eigenvalue weighted by atomic mass is 16.5. The largest absolute Gasteiger partial charge is 0.508 e. The van der Waals surface area contributed by atoms with Gasteiger partial charge in [-0.25, -0.2) is 15.2 Å². The monoisotopic (exact) mass is 1310 g/mol. The average Bonchev–Trinajstić information content (AvgIpc) is 1.62. The molecule has 0 saturated carbocycles. The highest BCUT2D eigenvalue weighted by Gasteiger charge is 2.40. The van der Waals surface area contributed by atoms with E-state index in [1.54, 1.807) is 65.1 Å². The van der Waals surface area contributed by atoms with Gasteiger partial charge < -0.3 is 89.2 Å².